The van der Waals surface area contributed by atoms with E-state index in [0.717, 1.165) is 44.2 Å². The van der Waals surface area contributed by atoms with Crippen molar-refractivity contribution >= 4 is 17.3 Å². The summed E-state index contributed by atoms with van der Waals surface area (Å²) in [5.41, 5.74) is 12.6. The van der Waals surface area contributed by atoms with Crippen LogP contribution in [-0.2, 0) is 26.1 Å². The highest BCUT2D eigenvalue weighted by Crippen LogP contribution is 2.33. The molecule has 0 amide bonds. The molecule has 0 bridgehead atoms. The molecule has 1 aromatic heterocycles. The zero-order valence-corrected chi connectivity index (χ0v) is 18.1. The third-order valence-electron chi connectivity index (χ3n) is 6.00. The van der Waals surface area contributed by atoms with E-state index < -0.39 is 0 Å². The summed E-state index contributed by atoms with van der Waals surface area (Å²) in [5, 5.41) is 0. The number of anilines is 3. The Balaban J connectivity index is 1.48. The summed E-state index contributed by atoms with van der Waals surface area (Å²) in [5.74, 6) is 1.59. The summed E-state index contributed by atoms with van der Waals surface area (Å²) in [4.78, 5) is 13.7. The van der Waals surface area contributed by atoms with Crippen LogP contribution in [0.4, 0.5) is 17.3 Å². The van der Waals surface area contributed by atoms with Crippen LogP contribution in [0.1, 0.15) is 22.3 Å². The molecular weight excluding hydrogens is 394 g/mol. The highest BCUT2D eigenvalue weighted by molar-refractivity contribution is 5.76. The van der Waals surface area contributed by atoms with Crippen LogP contribution in [0.25, 0.3) is 0 Å². The van der Waals surface area contributed by atoms with E-state index in [1.807, 2.05) is 12.1 Å². The van der Waals surface area contributed by atoms with Gasteiger partial charge in [0.15, 0.2) is 11.6 Å². The van der Waals surface area contributed by atoms with E-state index in [1.165, 1.54) is 22.3 Å². The lowest BCUT2D eigenvalue weighted by atomic mass is 10.00. The molecule has 0 spiro atoms. The Bertz CT molecular complexity index is 1140. The third kappa shape index (κ3) is 4.28. The van der Waals surface area contributed by atoms with Crippen molar-refractivity contribution in [3.8, 4) is 0 Å². The summed E-state index contributed by atoms with van der Waals surface area (Å²) in [6.07, 6.45) is 2.64. The van der Waals surface area contributed by atoms with Crippen LogP contribution in [0, 0.1) is 0 Å². The van der Waals surface area contributed by atoms with Gasteiger partial charge in [0.2, 0.25) is 0 Å². The van der Waals surface area contributed by atoms with E-state index in [1.54, 1.807) is 6.33 Å². The molecule has 4 aromatic rings. The first kappa shape index (κ1) is 20.1. The van der Waals surface area contributed by atoms with Crippen molar-refractivity contribution in [2.24, 2.45) is 0 Å². The second-order valence-electron chi connectivity index (χ2n) is 8.20. The van der Waals surface area contributed by atoms with Gasteiger partial charge in [0.05, 0.1) is 0 Å². The molecule has 0 unspecified atom stereocenters. The van der Waals surface area contributed by atoms with Crippen LogP contribution < -0.4 is 15.5 Å². The summed E-state index contributed by atoms with van der Waals surface area (Å²) >= 11 is 0. The van der Waals surface area contributed by atoms with Gasteiger partial charge >= 0.3 is 0 Å². The minimum absolute atomic E-state index is 0.638. The maximum Gasteiger partial charge on any atom is 0.158 e. The zero-order chi connectivity index (χ0) is 21.8. The predicted octanol–water partition coefficient (Wildman–Crippen LogP) is 4.83. The molecule has 5 heteroatoms. The molecule has 0 saturated carbocycles. The number of nitrogens with zero attached hydrogens (tertiary/aromatic N) is 4. The number of rotatable bonds is 6. The van der Waals surface area contributed by atoms with E-state index in [-0.39, 0.29) is 0 Å². The van der Waals surface area contributed by atoms with Crippen LogP contribution in [0.5, 0.6) is 0 Å². The van der Waals surface area contributed by atoms with Gasteiger partial charge in [0, 0.05) is 26.2 Å². The maximum atomic E-state index is 6.73. The Labute approximate surface area is 189 Å². The number of nitrogens with two attached hydrogens (primary N) is 1. The lowest BCUT2D eigenvalue weighted by Gasteiger charge is -2.32. The summed E-state index contributed by atoms with van der Waals surface area (Å²) < 4.78 is 0. The summed E-state index contributed by atoms with van der Waals surface area (Å²) in [6, 6.07) is 29.5. The number of hydrogen-bond donors (Lipinski definition) is 1. The van der Waals surface area contributed by atoms with Crippen LogP contribution >= 0.6 is 0 Å². The van der Waals surface area contributed by atoms with Gasteiger partial charge in [-0.25, -0.2) is 9.97 Å². The Kier molecular flexibility index (Phi) is 5.71. The number of hydrogen-bond acceptors (Lipinski definition) is 5. The molecule has 1 aliphatic heterocycles. The molecule has 32 heavy (non-hydrogen) atoms. The SMILES string of the molecule is Nc1c(N(Cc2ccccc2)Cc2ccccc2)ncnc1N1CCc2ccccc2C1. The zero-order valence-electron chi connectivity index (χ0n) is 18.1. The lowest BCUT2D eigenvalue weighted by molar-refractivity contribution is 0.717. The van der Waals surface area contributed by atoms with E-state index >= 15 is 0 Å². The van der Waals surface area contributed by atoms with Crippen molar-refractivity contribution in [3.63, 3.8) is 0 Å². The normalized spacial score (nSPS) is 12.9. The first-order valence-electron chi connectivity index (χ1n) is 11.0. The molecule has 0 radical (unpaired) electrons. The van der Waals surface area contributed by atoms with Gasteiger partial charge in [0.25, 0.3) is 0 Å². The predicted molar refractivity (Wildman–Crippen MR) is 130 cm³/mol. The topological polar surface area (TPSA) is 58.3 Å². The largest absolute Gasteiger partial charge is 0.393 e. The third-order valence-corrected chi connectivity index (χ3v) is 6.00. The average molecular weight is 422 g/mol. The molecule has 5 nitrogen and oxygen atoms in total. The second kappa shape index (κ2) is 9.10. The lowest BCUT2D eigenvalue weighted by Crippen LogP contribution is -2.32. The smallest absolute Gasteiger partial charge is 0.158 e. The Hall–Kier alpha value is -3.86. The standard InChI is InChI=1S/C27H27N5/c28-25-26(31-16-15-23-13-7-8-14-24(23)19-31)29-20-30-27(25)32(17-21-9-3-1-4-10-21)18-22-11-5-2-6-12-22/h1-14,20H,15-19,28H2. The van der Waals surface area contributed by atoms with Gasteiger partial charge in [-0.15, -0.1) is 0 Å². The molecule has 5 rings (SSSR count). The molecule has 2 N–H and O–H groups in total. The fourth-order valence-corrected chi connectivity index (χ4v) is 4.37. The van der Waals surface area contributed by atoms with Crippen LogP contribution in [-0.4, -0.2) is 16.5 Å². The highest BCUT2D eigenvalue weighted by Gasteiger charge is 2.23. The van der Waals surface area contributed by atoms with Crippen molar-refractivity contribution in [2.75, 3.05) is 22.1 Å². The Morgan fingerprint density at radius 1 is 0.750 bits per heavy atom. The molecule has 2 heterocycles. The van der Waals surface area contributed by atoms with Gasteiger partial charge in [-0.2, -0.15) is 0 Å². The molecule has 0 atom stereocenters. The average Bonchev–Trinajstić information content (AvgIpc) is 2.85. The molecule has 1 aliphatic rings. The van der Waals surface area contributed by atoms with Crippen LogP contribution in [0.3, 0.4) is 0 Å². The van der Waals surface area contributed by atoms with Gasteiger partial charge < -0.3 is 15.5 Å². The number of aromatic nitrogens is 2. The minimum Gasteiger partial charge on any atom is -0.393 e. The second-order valence-corrected chi connectivity index (χ2v) is 8.20. The van der Waals surface area contributed by atoms with Crippen molar-refractivity contribution in [3.05, 3.63) is 114 Å². The van der Waals surface area contributed by atoms with Gasteiger partial charge in [-0.05, 0) is 28.7 Å². The molecule has 160 valence electrons. The number of fused-ring (bicyclic) bond motifs is 1. The molecule has 0 saturated heterocycles. The fraction of sp³-hybridized carbons (Fsp3) is 0.185. The van der Waals surface area contributed by atoms with Crippen LogP contribution in [0.15, 0.2) is 91.3 Å². The monoisotopic (exact) mass is 421 g/mol. The minimum atomic E-state index is 0.638. The number of nitrogen functional groups attached to an aromatic ring is 1. The Morgan fingerprint density at radius 2 is 1.34 bits per heavy atom. The molecule has 0 aliphatic carbocycles. The van der Waals surface area contributed by atoms with Crippen molar-refractivity contribution in [1.29, 1.82) is 0 Å². The van der Waals surface area contributed by atoms with Gasteiger partial charge in [0.1, 0.15) is 12.0 Å². The Morgan fingerprint density at radius 3 is 2.00 bits per heavy atom. The van der Waals surface area contributed by atoms with Crippen molar-refractivity contribution in [2.45, 2.75) is 26.1 Å². The van der Waals surface area contributed by atoms with E-state index in [9.17, 15) is 0 Å². The van der Waals surface area contributed by atoms with Gasteiger partial charge in [-0.3, -0.25) is 0 Å². The molecular formula is C27H27N5. The first-order valence-corrected chi connectivity index (χ1v) is 11.0. The quantitative estimate of drug-likeness (QED) is 0.483. The molecule has 3 aromatic carbocycles. The highest BCUT2D eigenvalue weighted by atomic mass is 15.3. The van der Waals surface area contributed by atoms with Crippen LogP contribution in [0.2, 0.25) is 0 Å². The fourth-order valence-electron chi connectivity index (χ4n) is 4.37. The maximum absolute atomic E-state index is 6.73. The van der Waals surface area contributed by atoms with E-state index in [2.05, 4.69) is 92.6 Å². The first-order chi connectivity index (χ1) is 15.8. The van der Waals surface area contributed by atoms with E-state index in [0.29, 0.717) is 5.69 Å². The number of benzene rings is 3. The molecule has 0 fully saturated rings. The summed E-state index contributed by atoms with van der Waals surface area (Å²) in [7, 11) is 0. The summed E-state index contributed by atoms with van der Waals surface area (Å²) in [6.45, 7) is 3.15. The van der Waals surface area contributed by atoms with Gasteiger partial charge in [-0.1, -0.05) is 84.9 Å². The van der Waals surface area contributed by atoms with Crippen molar-refractivity contribution < 1.29 is 0 Å². The van der Waals surface area contributed by atoms with Crippen molar-refractivity contribution in [1.82, 2.24) is 9.97 Å². The van der Waals surface area contributed by atoms with E-state index in [4.69, 9.17) is 5.73 Å².